The second kappa shape index (κ2) is 5.24. The van der Waals surface area contributed by atoms with Gasteiger partial charge in [-0.2, -0.15) is 0 Å². The van der Waals surface area contributed by atoms with Crippen LogP contribution in [0.3, 0.4) is 0 Å². The molecule has 0 saturated heterocycles. The molecule has 0 aromatic carbocycles. The lowest BCUT2D eigenvalue weighted by Gasteiger charge is -1.97. The van der Waals surface area contributed by atoms with Crippen LogP contribution in [0.4, 0.5) is 4.39 Å². The highest BCUT2D eigenvalue weighted by molar-refractivity contribution is 8.01. The van der Waals surface area contributed by atoms with Gasteiger partial charge in [0.1, 0.15) is 5.03 Å². The fourth-order valence-corrected chi connectivity index (χ4v) is 2.82. The Bertz CT molecular complexity index is 545. The molecule has 0 spiro atoms. The third kappa shape index (κ3) is 3.24. The van der Waals surface area contributed by atoms with E-state index in [1.54, 1.807) is 5.38 Å². The average Bonchev–Trinajstić information content (AvgIpc) is 2.68. The molecule has 2 aromatic heterocycles. The molecule has 0 aliphatic heterocycles. The van der Waals surface area contributed by atoms with E-state index in [1.807, 2.05) is 0 Å². The summed E-state index contributed by atoms with van der Waals surface area (Å²) in [4.78, 5) is 18.4. The van der Waals surface area contributed by atoms with E-state index in [-0.39, 0.29) is 11.4 Å². The van der Waals surface area contributed by atoms with E-state index in [4.69, 9.17) is 5.11 Å². The van der Waals surface area contributed by atoms with Gasteiger partial charge >= 0.3 is 5.97 Å². The van der Waals surface area contributed by atoms with Crippen molar-refractivity contribution < 1.29 is 14.3 Å². The molecule has 7 heteroatoms. The monoisotopic (exact) mass is 270 g/mol. The van der Waals surface area contributed by atoms with E-state index in [2.05, 4.69) is 9.97 Å². The Morgan fingerprint density at radius 1 is 1.59 bits per heavy atom. The standard InChI is InChI=1S/C10H7FN2O2S2/c11-7-2-1-3-12-9(7)17-10-13-6(5-16-10)4-8(14)15/h1-3,5H,4H2,(H,14,15). The zero-order valence-corrected chi connectivity index (χ0v) is 10.1. The van der Waals surface area contributed by atoms with Crippen LogP contribution in [0, 0.1) is 5.82 Å². The first-order chi connectivity index (χ1) is 8.15. The smallest absolute Gasteiger partial charge is 0.309 e. The van der Waals surface area contributed by atoms with Gasteiger partial charge in [-0.1, -0.05) is 0 Å². The van der Waals surface area contributed by atoms with Crippen LogP contribution < -0.4 is 0 Å². The summed E-state index contributed by atoms with van der Waals surface area (Å²) in [6.45, 7) is 0. The SMILES string of the molecule is O=C(O)Cc1csc(Sc2ncccc2F)n1. The van der Waals surface area contributed by atoms with Crippen LogP contribution in [0.25, 0.3) is 0 Å². The van der Waals surface area contributed by atoms with Crippen LogP contribution in [0.15, 0.2) is 33.1 Å². The number of rotatable bonds is 4. The van der Waals surface area contributed by atoms with Crippen molar-refractivity contribution in [3.63, 3.8) is 0 Å². The molecule has 0 unspecified atom stereocenters. The third-order valence-corrected chi connectivity index (χ3v) is 3.75. The van der Waals surface area contributed by atoms with Gasteiger partial charge in [-0.3, -0.25) is 4.79 Å². The van der Waals surface area contributed by atoms with Gasteiger partial charge < -0.3 is 5.11 Å². The van der Waals surface area contributed by atoms with Crippen molar-refractivity contribution in [2.75, 3.05) is 0 Å². The summed E-state index contributed by atoms with van der Waals surface area (Å²) in [5, 5.41) is 10.5. The minimum absolute atomic E-state index is 0.123. The molecule has 4 nitrogen and oxygen atoms in total. The van der Waals surface area contributed by atoms with Gasteiger partial charge in [0.25, 0.3) is 0 Å². The number of halogens is 1. The minimum Gasteiger partial charge on any atom is -0.481 e. The lowest BCUT2D eigenvalue weighted by atomic mass is 10.3. The first-order valence-corrected chi connectivity index (χ1v) is 6.29. The Morgan fingerprint density at radius 2 is 2.41 bits per heavy atom. The summed E-state index contributed by atoms with van der Waals surface area (Å²) in [6, 6.07) is 2.83. The van der Waals surface area contributed by atoms with Gasteiger partial charge in [0, 0.05) is 11.6 Å². The van der Waals surface area contributed by atoms with Gasteiger partial charge in [-0.05, 0) is 23.9 Å². The molecule has 1 N–H and O–H groups in total. The number of hydrogen-bond acceptors (Lipinski definition) is 5. The number of pyridine rings is 1. The molecule has 0 fully saturated rings. The van der Waals surface area contributed by atoms with Crippen LogP contribution in [0.2, 0.25) is 0 Å². The summed E-state index contributed by atoms with van der Waals surface area (Å²) in [7, 11) is 0. The number of carboxylic acid groups (broad SMARTS) is 1. The number of carboxylic acids is 1. The summed E-state index contributed by atoms with van der Waals surface area (Å²) < 4.78 is 13.9. The predicted molar refractivity (Wildman–Crippen MR) is 61.8 cm³/mol. The molecule has 2 heterocycles. The third-order valence-electron chi connectivity index (χ3n) is 1.77. The topological polar surface area (TPSA) is 63.1 Å². The molecular weight excluding hydrogens is 263 g/mol. The molecule has 0 amide bonds. The van der Waals surface area contributed by atoms with Crippen LogP contribution >= 0.6 is 23.1 Å². The lowest BCUT2D eigenvalue weighted by Crippen LogP contribution is -1.99. The predicted octanol–water partition coefficient (Wildman–Crippen LogP) is 2.46. The normalized spacial score (nSPS) is 10.4. The molecule has 0 radical (unpaired) electrons. The van der Waals surface area contributed by atoms with E-state index in [0.29, 0.717) is 10.0 Å². The van der Waals surface area contributed by atoms with E-state index >= 15 is 0 Å². The number of carbonyl (C=O) groups is 1. The molecule has 0 aliphatic carbocycles. The Balaban J connectivity index is 2.12. The maximum atomic E-state index is 13.3. The van der Waals surface area contributed by atoms with Gasteiger partial charge in [0.05, 0.1) is 12.1 Å². The van der Waals surface area contributed by atoms with E-state index in [9.17, 15) is 9.18 Å². The molecule has 0 saturated carbocycles. The van der Waals surface area contributed by atoms with Crippen molar-refractivity contribution in [3.05, 3.63) is 35.2 Å². The second-order valence-electron chi connectivity index (χ2n) is 3.07. The number of hydrogen-bond donors (Lipinski definition) is 1. The molecule has 17 heavy (non-hydrogen) atoms. The minimum atomic E-state index is -0.934. The van der Waals surface area contributed by atoms with Crippen LogP contribution in [-0.4, -0.2) is 21.0 Å². The zero-order chi connectivity index (χ0) is 12.3. The van der Waals surface area contributed by atoms with E-state index < -0.39 is 11.8 Å². The van der Waals surface area contributed by atoms with Crippen LogP contribution in [-0.2, 0) is 11.2 Å². The number of thiazole rings is 1. The fraction of sp³-hybridized carbons (Fsp3) is 0.100. The van der Waals surface area contributed by atoms with Crippen molar-refractivity contribution in [1.82, 2.24) is 9.97 Å². The van der Waals surface area contributed by atoms with Gasteiger partial charge in [0.2, 0.25) is 0 Å². The second-order valence-corrected chi connectivity index (χ2v) is 5.16. The maximum Gasteiger partial charge on any atom is 0.309 e. The quantitative estimate of drug-likeness (QED) is 0.924. The Kier molecular flexibility index (Phi) is 3.70. The summed E-state index contributed by atoms with van der Waals surface area (Å²) in [6.07, 6.45) is 1.37. The Labute approximate surface area is 105 Å². The molecule has 0 aliphatic rings. The first-order valence-electron chi connectivity index (χ1n) is 4.59. The zero-order valence-electron chi connectivity index (χ0n) is 8.46. The van der Waals surface area contributed by atoms with Gasteiger partial charge in [-0.15, -0.1) is 11.3 Å². The van der Waals surface area contributed by atoms with Crippen molar-refractivity contribution >= 4 is 29.1 Å². The maximum absolute atomic E-state index is 13.3. The van der Waals surface area contributed by atoms with Gasteiger partial charge in [-0.25, -0.2) is 14.4 Å². The highest BCUT2D eigenvalue weighted by Gasteiger charge is 2.10. The van der Waals surface area contributed by atoms with Crippen molar-refractivity contribution in [2.24, 2.45) is 0 Å². The molecule has 0 atom stereocenters. The first kappa shape index (κ1) is 12.0. The lowest BCUT2D eigenvalue weighted by molar-refractivity contribution is -0.136. The summed E-state index contributed by atoms with van der Waals surface area (Å²) >= 11 is 2.37. The molecule has 2 aromatic rings. The van der Waals surface area contributed by atoms with Crippen LogP contribution in [0.1, 0.15) is 5.69 Å². The Hall–Kier alpha value is -1.47. The fourth-order valence-electron chi connectivity index (χ4n) is 1.10. The highest BCUT2D eigenvalue weighted by atomic mass is 32.2. The van der Waals surface area contributed by atoms with Crippen molar-refractivity contribution in [3.8, 4) is 0 Å². The molecular formula is C10H7FN2O2S2. The molecule has 0 bridgehead atoms. The van der Waals surface area contributed by atoms with Crippen molar-refractivity contribution in [2.45, 2.75) is 15.8 Å². The van der Waals surface area contributed by atoms with Crippen LogP contribution in [0.5, 0.6) is 0 Å². The largest absolute Gasteiger partial charge is 0.481 e. The summed E-state index contributed by atoms with van der Waals surface area (Å²) in [5.74, 6) is -1.34. The molecule has 88 valence electrons. The Morgan fingerprint density at radius 3 is 3.12 bits per heavy atom. The summed E-state index contributed by atoms with van der Waals surface area (Å²) in [5.41, 5.74) is 0.473. The number of aromatic nitrogens is 2. The van der Waals surface area contributed by atoms with E-state index in [0.717, 1.165) is 11.8 Å². The highest BCUT2D eigenvalue weighted by Crippen LogP contribution is 2.30. The van der Waals surface area contributed by atoms with Crippen molar-refractivity contribution in [1.29, 1.82) is 0 Å². The average molecular weight is 270 g/mol. The van der Waals surface area contributed by atoms with Gasteiger partial charge in [0.15, 0.2) is 10.2 Å². The number of nitrogens with zero attached hydrogens (tertiary/aromatic N) is 2. The molecule has 2 rings (SSSR count). The van der Waals surface area contributed by atoms with E-state index in [1.165, 1.54) is 29.7 Å². The number of aliphatic carboxylic acids is 1.